The molecule has 104 valence electrons. The first-order valence-corrected chi connectivity index (χ1v) is 7.31. The monoisotopic (exact) mass is 384 g/mol. The minimum atomic E-state index is -1.17. The smallest absolute Gasteiger partial charge is 0.341 e. The maximum absolute atomic E-state index is 12.3. The van der Waals surface area contributed by atoms with Crippen molar-refractivity contribution in [1.29, 1.82) is 0 Å². The summed E-state index contributed by atoms with van der Waals surface area (Å²) < 4.78 is 2.85. The second-order valence-electron chi connectivity index (χ2n) is 5.12. The van der Waals surface area contributed by atoms with E-state index in [-0.39, 0.29) is 11.6 Å². The second-order valence-corrected chi connectivity index (χ2v) is 6.37. The number of aromatic carboxylic acids is 1. The van der Waals surface area contributed by atoms with E-state index >= 15 is 0 Å². The number of aromatic nitrogens is 1. The van der Waals surface area contributed by atoms with Gasteiger partial charge in [-0.2, -0.15) is 0 Å². The summed E-state index contributed by atoms with van der Waals surface area (Å²) in [4.78, 5) is 25.7. The highest BCUT2D eigenvalue weighted by molar-refractivity contribution is 14.1. The SMILES string of the molecule is CN1CC(n2cc(C(=O)O)c(=O)c3cc(I)ccc32)C1. The van der Waals surface area contributed by atoms with Crippen molar-refractivity contribution in [1.82, 2.24) is 9.47 Å². The van der Waals surface area contributed by atoms with Crippen molar-refractivity contribution < 1.29 is 9.90 Å². The summed E-state index contributed by atoms with van der Waals surface area (Å²) in [6.45, 7) is 1.73. The summed E-state index contributed by atoms with van der Waals surface area (Å²) >= 11 is 2.13. The molecule has 20 heavy (non-hydrogen) atoms. The van der Waals surface area contributed by atoms with Crippen LogP contribution in [0.15, 0.2) is 29.2 Å². The van der Waals surface area contributed by atoms with E-state index in [9.17, 15) is 14.7 Å². The molecule has 1 saturated heterocycles. The summed E-state index contributed by atoms with van der Waals surface area (Å²) in [6, 6.07) is 5.80. The quantitative estimate of drug-likeness (QED) is 0.803. The number of likely N-dealkylation sites (tertiary alicyclic amines) is 1. The molecule has 0 unspecified atom stereocenters. The normalized spacial score (nSPS) is 16.3. The molecule has 2 heterocycles. The van der Waals surface area contributed by atoms with Crippen LogP contribution in [0.1, 0.15) is 16.4 Å². The van der Waals surface area contributed by atoms with Crippen LogP contribution in [0.5, 0.6) is 0 Å². The number of pyridine rings is 1. The summed E-state index contributed by atoms with van der Waals surface area (Å²) in [5.41, 5.74) is 0.238. The number of fused-ring (bicyclic) bond motifs is 1. The van der Waals surface area contributed by atoms with Crippen LogP contribution in [0.25, 0.3) is 10.9 Å². The number of hydrogen-bond donors (Lipinski definition) is 1. The Morgan fingerprint density at radius 3 is 2.70 bits per heavy atom. The number of halogens is 1. The van der Waals surface area contributed by atoms with Gasteiger partial charge in [0.1, 0.15) is 5.56 Å². The summed E-state index contributed by atoms with van der Waals surface area (Å²) in [7, 11) is 2.02. The fraction of sp³-hybridized carbons (Fsp3) is 0.286. The zero-order chi connectivity index (χ0) is 14.4. The van der Waals surface area contributed by atoms with E-state index in [0.717, 1.165) is 22.2 Å². The van der Waals surface area contributed by atoms with E-state index in [0.29, 0.717) is 5.39 Å². The standard InChI is InChI=1S/C14H13IN2O3/c1-16-5-9(6-16)17-7-11(14(19)20)13(18)10-4-8(15)2-3-12(10)17/h2-4,7,9H,5-6H2,1H3,(H,19,20). The lowest BCUT2D eigenvalue weighted by Crippen LogP contribution is -2.45. The Hall–Kier alpha value is -1.41. The number of nitrogens with zero attached hydrogens (tertiary/aromatic N) is 2. The Bertz CT molecular complexity index is 763. The predicted octanol–water partition coefficient (Wildman–Crippen LogP) is 1.79. The van der Waals surface area contributed by atoms with Crippen LogP contribution < -0.4 is 5.43 Å². The Morgan fingerprint density at radius 2 is 2.10 bits per heavy atom. The lowest BCUT2D eigenvalue weighted by atomic mass is 10.1. The second kappa shape index (κ2) is 4.85. The van der Waals surface area contributed by atoms with Crippen molar-refractivity contribution in [2.45, 2.75) is 6.04 Å². The third-order valence-electron chi connectivity index (χ3n) is 3.66. The van der Waals surface area contributed by atoms with E-state index < -0.39 is 11.4 Å². The Labute approximate surface area is 129 Å². The zero-order valence-corrected chi connectivity index (χ0v) is 13.0. The molecule has 1 aliphatic heterocycles. The van der Waals surface area contributed by atoms with Gasteiger partial charge in [0.2, 0.25) is 5.43 Å². The number of benzene rings is 1. The molecule has 6 heteroatoms. The van der Waals surface area contributed by atoms with Crippen LogP contribution in [-0.4, -0.2) is 40.7 Å². The number of carbonyl (C=O) groups is 1. The van der Waals surface area contributed by atoms with Crippen LogP contribution in [0.4, 0.5) is 0 Å². The van der Waals surface area contributed by atoms with Crippen molar-refractivity contribution in [3.05, 3.63) is 43.8 Å². The molecule has 1 N–H and O–H groups in total. The van der Waals surface area contributed by atoms with Crippen molar-refractivity contribution in [3.63, 3.8) is 0 Å². The highest BCUT2D eigenvalue weighted by atomic mass is 127. The van der Waals surface area contributed by atoms with Gasteiger partial charge < -0.3 is 14.6 Å². The number of hydrogen-bond acceptors (Lipinski definition) is 3. The molecule has 1 aliphatic rings. The minimum Gasteiger partial charge on any atom is -0.477 e. The van der Waals surface area contributed by atoms with Gasteiger partial charge in [0.15, 0.2) is 0 Å². The van der Waals surface area contributed by atoms with Crippen molar-refractivity contribution in [3.8, 4) is 0 Å². The third-order valence-corrected chi connectivity index (χ3v) is 4.33. The maximum atomic E-state index is 12.3. The molecule has 0 amide bonds. The molecule has 3 rings (SSSR count). The molecular formula is C14H13IN2O3. The molecule has 0 atom stereocenters. The molecule has 0 aliphatic carbocycles. The predicted molar refractivity (Wildman–Crippen MR) is 84.4 cm³/mol. The van der Waals surface area contributed by atoms with E-state index in [1.807, 2.05) is 23.7 Å². The molecule has 1 aromatic heterocycles. The van der Waals surface area contributed by atoms with Crippen molar-refractivity contribution in [2.24, 2.45) is 0 Å². The van der Waals surface area contributed by atoms with Gasteiger partial charge in [-0.05, 0) is 47.8 Å². The first-order valence-electron chi connectivity index (χ1n) is 6.23. The molecule has 0 bridgehead atoms. The lowest BCUT2D eigenvalue weighted by Gasteiger charge is -2.38. The minimum absolute atomic E-state index is 0.158. The average Bonchev–Trinajstić information content (AvgIpc) is 2.36. The number of carboxylic acids is 1. The third kappa shape index (κ3) is 2.12. The van der Waals surface area contributed by atoms with Gasteiger partial charge in [-0.1, -0.05) is 0 Å². The van der Waals surface area contributed by atoms with E-state index in [4.69, 9.17) is 0 Å². The van der Waals surface area contributed by atoms with Crippen LogP contribution in [0.3, 0.4) is 0 Å². The molecule has 1 aromatic carbocycles. The fourth-order valence-corrected chi connectivity index (χ4v) is 3.12. The van der Waals surface area contributed by atoms with Gasteiger partial charge in [-0.25, -0.2) is 4.79 Å². The highest BCUT2D eigenvalue weighted by Gasteiger charge is 2.27. The van der Waals surface area contributed by atoms with E-state index in [1.165, 1.54) is 6.20 Å². The summed E-state index contributed by atoms with van der Waals surface area (Å²) in [6.07, 6.45) is 1.48. The maximum Gasteiger partial charge on any atom is 0.341 e. The highest BCUT2D eigenvalue weighted by Crippen LogP contribution is 2.25. The van der Waals surface area contributed by atoms with Crippen LogP contribution in [-0.2, 0) is 0 Å². The Balaban J connectivity index is 2.30. The Kier molecular flexibility index (Phi) is 3.29. The fourth-order valence-electron chi connectivity index (χ4n) is 2.62. The number of rotatable bonds is 2. The average molecular weight is 384 g/mol. The van der Waals surface area contributed by atoms with Gasteiger partial charge in [0.25, 0.3) is 0 Å². The van der Waals surface area contributed by atoms with E-state index in [2.05, 4.69) is 27.5 Å². The number of likely N-dealkylation sites (N-methyl/N-ethyl adjacent to an activating group) is 1. The molecule has 1 fully saturated rings. The molecule has 5 nitrogen and oxygen atoms in total. The van der Waals surface area contributed by atoms with E-state index in [1.54, 1.807) is 6.07 Å². The topological polar surface area (TPSA) is 62.5 Å². The molecule has 0 spiro atoms. The largest absolute Gasteiger partial charge is 0.477 e. The first kappa shape index (κ1) is 13.6. The van der Waals surface area contributed by atoms with Crippen LogP contribution >= 0.6 is 22.6 Å². The molecule has 2 aromatic rings. The molecular weight excluding hydrogens is 371 g/mol. The molecule has 0 radical (unpaired) electrons. The van der Waals surface area contributed by atoms with Gasteiger partial charge in [-0.15, -0.1) is 0 Å². The first-order chi connectivity index (χ1) is 9.47. The summed E-state index contributed by atoms with van der Waals surface area (Å²) in [5, 5.41) is 9.70. The van der Waals surface area contributed by atoms with Crippen LogP contribution in [0.2, 0.25) is 0 Å². The van der Waals surface area contributed by atoms with Gasteiger partial charge in [-0.3, -0.25) is 4.79 Å². The van der Waals surface area contributed by atoms with Gasteiger partial charge >= 0.3 is 5.97 Å². The molecule has 0 saturated carbocycles. The Morgan fingerprint density at radius 1 is 1.40 bits per heavy atom. The van der Waals surface area contributed by atoms with Crippen LogP contribution in [0, 0.1) is 3.57 Å². The van der Waals surface area contributed by atoms with Crippen molar-refractivity contribution in [2.75, 3.05) is 20.1 Å². The number of carboxylic acid groups (broad SMARTS) is 1. The lowest BCUT2D eigenvalue weighted by molar-refractivity contribution is 0.0693. The van der Waals surface area contributed by atoms with Crippen molar-refractivity contribution >= 4 is 39.5 Å². The summed E-state index contributed by atoms with van der Waals surface area (Å²) in [5.74, 6) is -1.17. The van der Waals surface area contributed by atoms with Gasteiger partial charge in [0.05, 0.1) is 11.6 Å². The zero-order valence-electron chi connectivity index (χ0n) is 10.8. The van der Waals surface area contributed by atoms with Gasteiger partial charge in [0, 0.05) is 28.2 Å².